The summed E-state index contributed by atoms with van der Waals surface area (Å²) in [6, 6.07) is 11.5. The fraction of sp³-hybridized carbons (Fsp3) is 0.400. The third-order valence-electron chi connectivity index (χ3n) is 5.48. The van der Waals surface area contributed by atoms with E-state index in [0.29, 0.717) is 36.2 Å². The van der Waals surface area contributed by atoms with Crippen molar-refractivity contribution in [1.29, 1.82) is 0 Å². The largest absolute Gasteiger partial charge is 0.418 e. The molecule has 142 valence electrons. The molecule has 3 aromatic rings. The zero-order chi connectivity index (χ0) is 19.0. The molecule has 0 amide bonds. The van der Waals surface area contributed by atoms with Gasteiger partial charge in [0.15, 0.2) is 0 Å². The van der Waals surface area contributed by atoms with Crippen molar-refractivity contribution in [3.8, 4) is 11.6 Å². The van der Waals surface area contributed by atoms with Crippen molar-refractivity contribution >= 4 is 11.6 Å². The summed E-state index contributed by atoms with van der Waals surface area (Å²) in [6.45, 7) is 4.16. The first-order valence-electron chi connectivity index (χ1n) is 9.10. The third-order valence-corrected chi connectivity index (χ3v) is 5.73. The van der Waals surface area contributed by atoms with Crippen LogP contribution in [0.5, 0.6) is 0 Å². The molecule has 1 saturated heterocycles. The standard InChI is InChI=1S/C20H23ClN4O2/c1-14-3-8-17(24(14)2)19-23-22-18(27-19)13-25-11-9-20(26,10-12-25)15-4-6-16(21)7-5-15/h3-8,26H,9-13H2,1-2H3. The number of halogens is 1. The lowest BCUT2D eigenvalue weighted by Crippen LogP contribution is -2.42. The second kappa shape index (κ2) is 7.11. The van der Waals surface area contributed by atoms with Gasteiger partial charge in [0.2, 0.25) is 5.89 Å². The van der Waals surface area contributed by atoms with Crippen LogP contribution >= 0.6 is 11.6 Å². The molecule has 1 N–H and O–H groups in total. The van der Waals surface area contributed by atoms with Gasteiger partial charge in [0.05, 0.1) is 12.1 Å². The molecule has 27 heavy (non-hydrogen) atoms. The van der Waals surface area contributed by atoms with Crippen molar-refractivity contribution in [2.24, 2.45) is 7.05 Å². The number of likely N-dealkylation sites (tertiary alicyclic amines) is 1. The highest BCUT2D eigenvalue weighted by atomic mass is 35.5. The average molecular weight is 387 g/mol. The van der Waals surface area contributed by atoms with E-state index in [1.807, 2.05) is 54.9 Å². The van der Waals surface area contributed by atoms with Crippen LogP contribution in [0, 0.1) is 6.92 Å². The normalized spacial score (nSPS) is 17.3. The number of piperidine rings is 1. The third kappa shape index (κ3) is 3.65. The lowest BCUT2D eigenvalue weighted by atomic mass is 9.84. The van der Waals surface area contributed by atoms with Crippen LogP contribution in [-0.4, -0.2) is 37.9 Å². The smallest absolute Gasteiger partial charge is 0.264 e. The van der Waals surface area contributed by atoms with Crippen LogP contribution < -0.4 is 0 Å². The summed E-state index contributed by atoms with van der Waals surface area (Å²) in [6.07, 6.45) is 1.32. The Balaban J connectivity index is 1.40. The Morgan fingerprint density at radius 2 is 1.81 bits per heavy atom. The van der Waals surface area contributed by atoms with Crippen molar-refractivity contribution in [1.82, 2.24) is 19.7 Å². The molecule has 2 aromatic heterocycles. The van der Waals surface area contributed by atoms with Crippen LogP contribution in [-0.2, 0) is 19.2 Å². The van der Waals surface area contributed by atoms with Gasteiger partial charge in [-0.25, -0.2) is 0 Å². The second-order valence-corrected chi connectivity index (χ2v) is 7.67. The highest BCUT2D eigenvalue weighted by Crippen LogP contribution is 2.34. The molecule has 1 fully saturated rings. The Labute approximate surface area is 163 Å². The first kappa shape index (κ1) is 18.2. The van der Waals surface area contributed by atoms with Gasteiger partial charge in [0, 0.05) is 30.9 Å². The van der Waals surface area contributed by atoms with E-state index < -0.39 is 5.60 Å². The Kier molecular flexibility index (Phi) is 4.80. The lowest BCUT2D eigenvalue weighted by molar-refractivity contribution is -0.0292. The molecule has 0 saturated carbocycles. The summed E-state index contributed by atoms with van der Waals surface area (Å²) in [4.78, 5) is 2.23. The number of aryl methyl sites for hydroxylation is 1. The fourth-order valence-corrected chi connectivity index (χ4v) is 3.70. The summed E-state index contributed by atoms with van der Waals surface area (Å²) < 4.78 is 7.89. The number of hydrogen-bond acceptors (Lipinski definition) is 5. The summed E-state index contributed by atoms with van der Waals surface area (Å²) in [5.41, 5.74) is 2.18. The van der Waals surface area contributed by atoms with Crippen LogP contribution in [0.3, 0.4) is 0 Å². The van der Waals surface area contributed by atoms with Crippen molar-refractivity contribution in [2.75, 3.05) is 13.1 Å². The molecule has 0 atom stereocenters. The highest BCUT2D eigenvalue weighted by Gasteiger charge is 2.34. The molecule has 3 heterocycles. The van der Waals surface area contributed by atoms with E-state index in [0.717, 1.165) is 30.0 Å². The molecule has 1 aliphatic rings. The van der Waals surface area contributed by atoms with Gasteiger partial charge < -0.3 is 14.1 Å². The quantitative estimate of drug-likeness (QED) is 0.743. The van der Waals surface area contributed by atoms with Crippen molar-refractivity contribution in [2.45, 2.75) is 31.9 Å². The van der Waals surface area contributed by atoms with Gasteiger partial charge in [-0.1, -0.05) is 23.7 Å². The summed E-state index contributed by atoms with van der Waals surface area (Å²) in [7, 11) is 1.98. The number of benzene rings is 1. The molecule has 0 aliphatic carbocycles. The lowest BCUT2D eigenvalue weighted by Gasteiger charge is -2.38. The van der Waals surface area contributed by atoms with E-state index in [4.69, 9.17) is 16.0 Å². The van der Waals surface area contributed by atoms with E-state index >= 15 is 0 Å². The Bertz CT molecular complexity index is 924. The zero-order valence-electron chi connectivity index (χ0n) is 15.5. The van der Waals surface area contributed by atoms with Crippen LogP contribution in [0.4, 0.5) is 0 Å². The average Bonchev–Trinajstić information content (AvgIpc) is 3.25. The maximum atomic E-state index is 11.0. The van der Waals surface area contributed by atoms with E-state index in [-0.39, 0.29) is 0 Å². The number of hydrogen-bond donors (Lipinski definition) is 1. The van der Waals surface area contributed by atoms with Crippen molar-refractivity contribution < 1.29 is 9.52 Å². The maximum absolute atomic E-state index is 11.0. The predicted molar refractivity (Wildman–Crippen MR) is 103 cm³/mol. The van der Waals surface area contributed by atoms with E-state index in [1.54, 1.807) is 0 Å². The SMILES string of the molecule is Cc1ccc(-c2nnc(CN3CCC(O)(c4ccc(Cl)cc4)CC3)o2)n1C. The first-order valence-corrected chi connectivity index (χ1v) is 9.48. The minimum Gasteiger partial charge on any atom is -0.418 e. The number of aliphatic hydroxyl groups is 1. The summed E-state index contributed by atoms with van der Waals surface area (Å²) in [5, 5.41) is 20.0. The minimum atomic E-state index is -0.804. The molecule has 1 aromatic carbocycles. The van der Waals surface area contributed by atoms with Gasteiger partial charge in [-0.3, -0.25) is 4.90 Å². The monoisotopic (exact) mass is 386 g/mol. The van der Waals surface area contributed by atoms with Crippen LogP contribution in [0.15, 0.2) is 40.8 Å². The van der Waals surface area contributed by atoms with Crippen LogP contribution in [0.25, 0.3) is 11.6 Å². The molecule has 0 bridgehead atoms. The van der Waals surface area contributed by atoms with E-state index in [9.17, 15) is 5.11 Å². The van der Waals surface area contributed by atoms with Gasteiger partial charge >= 0.3 is 0 Å². The van der Waals surface area contributed by atoms with Crippen LogP contribution in [0.2, 0.25) is 5.02 Å². The highest BCUT2D eigenvalue weighted by molar-refractivity contribution is 6.30. The molecule has 0 unspecified atom stereocenters. The summed E-state index contributed by atoms with van der Waals surface area (Å²) in [5.74, 6) is 1.14. The zero-order valence-corrected chi connectivity index (χ0v) is 16.3. The minimum absolute atomic E-state index is 0.537. The van der Waals surface area contributed by atoms with E-state index in [2.05, 4.69) is 15.1 Å². The molecule has 0 radical (unpaired) electrons. The van der Waals surface area contributed by atoms with Crippen molar-refractivity contribution in [3.63, 3.8) is 0 Å². The maximum Gasteiger partial charge on any atom is 0.264 e. The van der Waals surface area contributed by atoms with Gasteiger partial charge in [-0.2, -0.15) is 0 Å². The van der Waals surface area contributed by atoms with Crippen molar-refractivity contribution in [3.05, 3.63) is 58.6 Å². The number of aromatic nitrogens is 3. The molecule has 6 nitrogen and oxygen atoms in total. The molecular formula is C20H23ClN4O2. The molecular weight excluding hydrogens is 364 g/mol. The first-order chi connectivity index (χ1) is 12.9. The van der Waals surface area contributed by atoms with Gasteiger partial charge in [-0.15, -0.1) is 10.2 Å². The topological polar surface area (TPSA) is 67.3 Å². The Morgan fingerprint density at radius 3 is 2.44 bits per heavy atom. The van der Waals surface area contributed by atoms with Gasteiger partial charge in [0.1, 0.15) is 5.69 Å². The summed E-state index contributed by atoms with van der Waals surface area (Å²) >= 11 is 5.95. The Hall–Kier alpha value is -2.15. The van der Waals surface area contributed by atoms with Gasteiger partial charge in [-0.05, 0) is 49.6 Å². The predicted octanol–water partition coefficient (Wildman–Crippen LogP) is 3.52. The second-order valence-electron chi connectivity index (χ2n) is 7.23. The molecule has 0 spiro atoms. The molecule has 7 heteroatoms. The van der Waals surface area contributed by atoms with E-state index in [1.165, 1.54) is 0 Å². The van der Waals surface area contributed by atoms with Crippen LogP contribution in [0.1, 0.15) is 30.0 Å². The van der Waals surface area contributed by atoms with Gasteiger partial charge in [0.25, 0.3) is 5.89 Å². The fourth-order valence-electron chi connectivity index (χ4n) is 3.57. The molecule has 4 rings (SSSR count). The molecule has 1 aliphatic heterocycles. The number of rotatable bonds is 4. The Morgan fingerprint density at radius 1 is 1.11 bits per heavy atom. The number of nitrogens with zero attached hydrogens (tertiary/aromatic N) is 4.